The van der Waals surface area contributed by atoms with E-state index < -0.39 is 17.8 Å². The standard InChI is InChI=1S/C23H32O5/c1-21-7-5-17-18(4-3-14-10-15(24)11-19(25)22(14,17)2)23(21,27)8-6-16(21)13-9-20(26)28-12-13/h6,9,14-15,17-19,24-25,27H,3-5,7-8,10-12H2,1-2H3/t14-,15-,17+,18-,19-,21-,22+,23+/m1/s1. The molecule has 5 aliphatic rings. The molecule has 3 N–H and O–H groups in total. The fourth-order valence-electron chi connectivity index (χ4n) is 7.85. The molecular formula is C23H32O5. The van der Waals surface area contributed by atoms with Gasteiger partial charge in [0.25, 0.3) is 0 Å². The Morgan fingerprint density at radius 3 is 2.61 bits per heavy atom. The number of hydrogen-bond donors (Lipinski definition) is 3. The van der Waals surface area contributed by atoms with E-state index in [1.54, 1.807) is 6.08 Å². The second kappa shape index (κ2) is 5.93. The highest BCUT2D eigenvalue weighted by Gasteiger charge is 2.67. The highest BCUT2D eigenvalue weighted by Crippen LogP contribution is 2.68. The second-order valence-electron chi connectivity index (χ2n) is 10.4. The lowest BCUT2D eigenvalue weighted by Crippen LogP contribution is -2.64. The molecule has 5 nitrogen and oxygen atoms in total. The Hall–Kier alpha value is -1.17. The maximum Gasteiger partial charge on any atom is 0.331 e. The monoisotopic (exact) mass is 388 g/mol. The molecule has 154 valence electrons. The summed E-state index contributed by atoms with van der Waals surface area (Å²) in [5, 5.41) is 33.3. The third kappa shape index (κ3) is 2.21. The minimum atomic E-state index is -0.846. The maximum absolute atomic E-state index is 12.1. The first-order valence-electron chi connectivity index (χ1n) is 10.9. The zero-order valence-corrected chi connectivity index (χ0v) is 16.9. The van der Waals surface area contributed by atoms with Crippen LogP contribution in [0.4, 0.5) is 0 Å². The highest BCUT2D eigenvalue weighted by atomic mass is 16.5. The van der Waals surface area contributed by atoms with Crippen molar-refractivity contribution >= 4 is 5.97 Å². The summed E-state index contributed by atoms with van der Waals surface area (Å²) in [7, 11) is 0. The molecule has 0 saturated heterocycles. The van der Waals surface area contributed by atoms with E-state index >= 15 is 0 Å². The first-order chi connectivity index (χ1) is 13.2. The van der Waals surface area contributed by atoms with E-state index in [1.807, 2.05) is 0 Å². The number of hydrogen-bond acceptors (Lipinski definition) is 5. The van der Waals surface area contributed by atoms with Crippen molar-refractivity contribution in [2.24, 2.45) is 28.6 Å². The summed E-state index contributed by atoms with van der Waals surface area (Å²) in [6, 6.07) is 0. The number of ether oxygens (including phenoxy) is 1. The summed E-state index contributed by atoms with van der Waals surface area (Å²) in [4.78, 5) is 11.6. The first kappa shape index (κ1) is 18.8. The summed E-state index contributed by atoms with van der Waals surface area (Å²) in [6.07, 6.45) is 8.30. The van der Waals surface area contributed by atoms with E-state index in [-0.39, 0.29) is 28.6 Å². The van der Waals surface area contributed by atoms with Gasteiger partial charge in [-0.2, -0.15) is 0 Å². The van der Waals surface area contributed by atoms with Gasteiger partial charge in [-0.1, -0.05) is 19.9 Å². The van der Waals surface area contributed by atoms with Crippen molar-refractivity contribution < 1.29 is 24.9 Å². The quantitative estimate of drug-likeness (QED) is 0.601. The van der Waals surface area contributed by atoms with E-state index in [0.29, 0.717) is 25.4 Å². The van der Waals surface area contributed by atoms with Crippen LogP contribution in [-0.4, -0.2) is 45.7 Å². The Kier molecular flexibility index (Phi) is 3.99. The van der Waals surface area contributed by atoms with Gasteiger partial charge in [0.15, 0.2) is 0 Å². The summed E-state index contributed by atoms with van der Waals surface area (Å²) < 4.78 is 5.14. The topological polar surface area (TPSA) is 87.0 Å². The van der Waals surface area contributed by atoms with Crippen LogP contribution in [0.25, 0.3) is 0 Å². The van der Waals surface area contributed by atoms with Crippen LogP contribution in [0.5, 0.6) is 0 Å². The van der Waals surface area contributed by atoms with Crippen molar-refractivity contribution in [3.63, 3.8) is 0 Å². The summed E-state index contributed by atoms with van der Waals surface area (Å²) >= 11 is 0. The Morgan fingerprint density at radius 2 is 1.89 bits per heavy atom. The lowest BCUT2D eigenvalue weighted by molar-refractivity contribution is -0.223. The average Bonchev–Trinajstić information content (AvgIpc) is 3.17. The number of aliphatic hydroxyl groups is 3. The van der Waals surface area contributed by atoms with Crippen molar-refractivity contribution in [2.45, 2.75) is 76.6 Å². The molecule has 5 heteroatoms. The van der Waals surface area contributed by atoms with Gasteiger partial charge in [0, 0.05) is 17.1 Å². The van der Waals surface area contributed by atoms with Crippen LogP contribution in [0.1, 0.15) is 58.8 Å². The fourth-order valence-corrected chi connectivity index (χ4v) is 7.85. The predicted octanol–water partition coefficient (Wildman–Crippen LogP) is 2.50. The van der Waals surface area contributed by atoms with Crippen LogP contribution < -0.4 is 0 Å². The zero-order valence-electron chi connectivity index (χ0n) is 16.9. The summed E-state index contributed by atoms with van der Waals surface area (Å²) in [5.74, 6) is 0.415. The molecular weight excluding hydrogens is 356 g/mol. The van der Waals surface area contributed by atoms with Gasteiger partial charge in [-0.15, -0.1) is 0 Å². The maximum atomic E-state index is 12.1. The van der Waals surface area contributed by atoms with E-state index in [4.69, 9.17) is 4.74 Å². The Balaban J connectivity index is 1.49. The average molecular weight is 389 g/mol. The van der Waals surface area contributed by atoms with Gasteiger partial charge < -0.3 is 20.1 Å². The molecule has 0 bridgehead atoms. The van der Waals surface area contributed by atoms with Crippen LogP contribution >= 0.6 is 0 Å². The van der Waals surface area contributed by atoms with Crippen molar-refractivity contribution in [3.05, 3.63) is 23.3 Å². The Morgan fingerprint density at radius 1 is 1.11 bits per heavy atom. The summed E-state index contributed by atoms with van der Waals surface area (Å²) in [5.41, 5.74) is 0.541. The van der Waals surface area contributed by atoms with Crippen molar-refractivity contribution in [1.82, 2.24) is 0 Å². The molecule has 0 unspecified atom stereocenters. The third-order valence-corrected chi connectivity index (χ3v) is 9.50. The van der Waals surface area contributed by atoms with Gasteiger partial charge in [0.1, 0.15) is 6.61 Å². The van der Waals surface area contributed by atoms with Gasteiger partial charge in [-0.05, 0) is 73.7 Å². The number of fused-ring (bicyclic) bond motifs is 5. The second-order valence-corrected chi connectivity index (χ2v) is 10.4. The Bertz CT molecular complexity index is 771. The van der Waals surface area contributed by atoms with Gasteiger partial charge in [0.05, 0.1) is 17.8 Å². The third-order valence-electron chi connectivity index (χ3n) is 9.50. The molecule has 3 saturated carbocycles. The van der Waals surface area contributed by atoms with Crippen molar-refractivity contribution in [3.8, 4) is 0 Å². The molecule has 0 amide bonds. The van der Waals surface area contributed by atoms with Crippen molar-refractivity contribution in [1.29, 1.82) is 0 Å². The van der Waals surface area contributed by atoms with Crippen LogP contribution in [0, 0.1) is 28.6 Å². The molecule has 1 aliphatic heterocycles. The van der Waals surface area contributed by atoms with Crippen LogP contribution in [0.2, 0.25) is 0 Å². The van der Waals surface area contributed by atoms with Gasteiger partial charge in [-0.3, -0.25) is 0 Å². The van der Waals surface area contributed by atoms with Crippen LogP contribution in [0.3, 0.4) is 0 Å². The normalized spacial score (nSPS) is 52.9. The number of carbonyl (C=O) groups is 1. The SMILES string of the molecule is C[C@]12[C@H](CC[C@@H]3[C@@H]1CC[C@]1(C)C(C4=CC(=O)OC4)=CC[C@]31O)C[C@@H](O)C[C@H]2O. The molecule has 5 rings (SSSR count). The smallest absolute Gasteiger partial charge is 0.331 e. The zero-order chi connectivity index (χ0) is 19.9. The molecule has 1 heterocycles. The number of carbonyl (C=O) groups excluding carboxylic acids is 1. The van der Waals surface area contributed by atoms with Gasteiger partial charge >= 0.3 is 5.97 Å². The minimum absolute atomic E-state index is 0.129. The highest BCUT2D eigenvalue weighted by molar-refractivity contribution is 5.86. The minimum Gasteiger partial charge on any atom is -0.458 e. The molecule has 0 aromatic carbocycles. The van der Waals surface area contributed by atoms with Crippen LogP contribution in [0.15, 0.2) is 23.3 Å². The number of cyclic esters (lactones) is 1. The van der Waals surface area contributed by atoms with E-state index in [9.17, 15) is 20.1 Å². The number of esters is 1. The number of rotatable bonds is 1. The molecule has 0 aromatic heterocycles. The molecule has 0 radical (unpaired) electrons. The number of aliphatic hydroxyl groups excluding tert-OH is 2. The van der Waals surface area contributed by atoms with E-state index in [0.717, 1.165) is 43.3 Å². The fraction of sp³-hybridized carbons (Fsp3) is 0.783. The molecule has 3 fully saturated rings. The predicted molar refractivity (Wildman–Crippen MR) is 103 cm³/mol. The molecule has 4 aliphatic carbocycles. The molecule has 28 heavy (non-hydrogen) atoms. The van der Waals surface area contributed by atoms with Crippen molar-refractivity contribution in [2.75, 3.05) is 6.61 Å². The largest absolute Gasteiger partial charge is 0.458 e. The molecule has 8 atom stereocenters. The molecule has 0 spiro atoms. The van der Waals surface area contributed by atoms with Gasteiger partial charge in [-0.25, -0.2) is 4.79 Å². The Labute approximate surface area is 166 Å². The van der Waals surface area contributed by atoms with Crippen LogP contribution in [-0.2, 0) is 9.53 Å². The first-order valence-corrected chi connectivity index (χ1v) is 10.9. The van der Waals surface area contributed by atoms with Gasteiger partial charge in [0.2, 0.25) is 0 Å². The molecule has 0 aromatic rings. The lowest BCUT2D eigenvalue weighted by atomic mass is 9.42. The van der Waals surface area contributed by atoms with E-state index in [1.165, 1.54) is 0 Å². The summed E-state index contributed by atoms with van der Waals surface area (Å²) in [6.45, 7) is 4.66. The van der Waals surface area contributed by atoms with E-state index in [2.05, 4.69) is 19.9 Å². The lowest BCUT2D eigenvalue weighted by Gasteiger charge is -2.64.